The van der Waals surface area contributed by atoms with Gasteiger partial charge in [-0.2, -0.15) is 0 Å². The molecule has 3 nitrogen and oxygen atoms in total. The third-order valence-electron chi connectivity index (χ3n) is 3.09. The Labute approximate surface area is 137 Å². The fourth-order valence-corrected chi connectivity index (χ4v) is 2.87. The summed E-state index contributed by atoms with van der Waals surface area (Å²) in [5, 5.41) is 2.66. The van der Waals surface area contributed by atoms with Crippen molar-refractivity contribution < 1.29 is 9.53 Å². The van der Waals surface area contributed by atoms with Crippen molar-refractivity contribution in [3.8, 4) is 0 Å². The lowest BCUT2D eigenvalue weighted by molar-refractivity contribution is -0.129. The molecule has 0 radical (unpaired) electrons. The second-order valence-electron chi connectivity index (χ2n) is 4.72. The normalized spacial score (nSPS) is 16.4. The Bertz CT molecular complexity index is 800. The molecule has 0 unspecified atom stereocenters. The molecule has 1 aromatic carbocycles. The van der Waals surface area contributed by atoms with Gasteiger partial charge in [0.05, 0.1) is 0 Å². The molecule has 1 aliphatic rings. The Morgan fingerprint density at radius 3 is 2.64 bits per heavy atom. The Hall–Kier alpha value is -2.17. The Kier molecular flexibility index (Phi) is 4.22. The van der Waals surface area contributed by atoms with E-state index in [9.17, 15) is 4.79 Å². The van der Waals surface area contributed by atoms with Gasteiger partial charge >= 0.3 is 5.97 Å². The maximum Gasteiger partial charge on any atom is 0.363 e. The van der Waals surface area contributed by atoms with Gasteiger partial charge in [0, 0.05) is 16.0 Å². The number of thiophene rings is 1. The molecule has 1 aromatic heterocycles. The summed E-state index contributed by atoms with van der Waals surface area (Å²) in [6.07, 6.45) is 5.25. The number of hydrogen-bond acceptors (Lipinski definition) is 4. The minimum Gasteiger partial charge on any atom is -0.403 e. The van der Waals surface area contributed by atoms with Crippen LogP contribution in [0.25, 0.3) is 12.2 Å². The number of benzene rings is 1. The number of aryl methyl sites for hydroxylation is 1. The quantitative estimate of drug-likeness (QED) is 0.603. The Morgan fingerprint density at radius 2 is 1.95 bits per heavy atom. The molecule has 0 saturated carbocycles. The zero-order valence-electron chi connectivity index (χ0n) is 11.7. The Morgan fingerprint density at radius 1 is 1.18 bits per heavy atom. The molecule has 22 heavy (non-hydrogen) atoms. The third-order valence-corrected chi connectivity index (χ3v) is 4.31. The van der Waals surface area contributed by atoms with Crippen LogP contribution in [-0.4, -0.2) is 11.9 Å². The molecule has 0 amide bonds. The van der Waals surface area contributed by atoms with Crippen LogP contribution in [0, 0.1) is 6.92 Å². The van der Waals surface area contributed by atoms with Crippen LogP contribution in [-0.2, 0) is 9.53 Å². The summed E-state index contributed by atoms with van der Waals surface area (Å²) in [6.45, 7) is 1.99. The van der Waals surface area contributed by atoms with E-state index in [0.717, 1.165) is 16.0 Å². The first-order valence-electron chi connectivity index (χ1n) is 6.62. The van der Waals surface area contributed by atoms with Crippen molar-refractivity contribution in [3.63, 3.8) is 0 Å². The van der Waals surface area contributed by atoms with E-state index in [0.29, 0.717) is 16.6 Å². The first kappa shape index (κ1) is 14.8. The number of nitrogens with zero attached hydrogens (tertiary/aromatic N) is 1. The summed E-state index contributed by atoms with van der Waals surface area (Å²) in [5.41, 5.74) is 2.39. The topological polar surface area (TPSA) is 38.7 Å². The first-order chi connectivity index (χ1) is 10.6. The third kappa shape index (κ3) is 3.35. The molecule has 0 fully saturated rings. The predicted octanol–water partition coefficient (Wildman–Crippen LogP) is 4.72. The molecule has 3 rings (SSSR count). The lowest BCUT2D eigenvalue weighted by Crippen LogP contribution is -2.01. The zero-order valence-corrected chi connectivity index (χ0v) is 13.3. The van der Waals surface area contributed by atoms with E-state index in [2.05, 4.69) is 4.99 Å². The molecule has 0 spiro atoms. The van der Waals surface area contributed by atoms with Gasteiger partial charge in [-0.25, -0.2) is 9.79 Å². The fourth-order valence-electron chi connectivity index (χ4n) is 1.89. The van der Waals surface area contributed by atoms with Gasteiger partial charge < -0.3 is 4.74 Å². The van der Waals surface area contributed by atoms with Crippen molar-refractivity contribution >= 4 is 47.0 Å². The number of rotatable bonds is 3. The number of ether oxygens (including phenoxy) is 1. The second kappa shape index (κ2) is 6.30. The second-order valence-corrected chi connectivity index (χ2v) is 6.11. The van der Waals surface area contributed by atoms with Crippen molar-refractivity contribution in [2.75, 3.05) is 0 Å². The van der Waals surface area contributed by atoms with Crippen molar-refractivity contribution in [3.05, 3.63) is 68.5 Å². The smallest absolute Gasteiger partial charge is 0.363 e. The van der Waals surface area contributed by atoms with Crippen LogP contribution in [0.4, 0.5) is 0 Å². The molecular formula is C17H12ClNO2S. The number of hydrogen-bond donors (Lipinski definition) is 0. The largest absolute Gasteiger partial charge is 0.403 e. The average Bonchev–Trinajstić information content (AvgIpc) is 3.06. The van der Waals surface area contributed by atoms with Crippen LogP contribution >= 0.6 is 22.9 Å². The van der Waals surface area contributed by atoms with E-state index in [1.165, 1.54) is 0 Å². The lowest BCUT2D eigenvalue weighted by Gasteiger charge is -1.94. The van der Waals surface area contributed by atoms with Crippen LogP contribution in [0.3, 0.4) is 0 Å². The number of esters is 1. The Balaban J connectivity index is 1.80. The van der Waals surface area contributed by atoms with E-state index >= 15 is 0 Å². The summed E-state index contributed by atoms with van der Waals surface area (Å²) in [4.78, 5) is 17.1. The zero-order chi connectivity index (χ0) is 15.5. The fraction of sp³-hybridized carbons (Fsp3) is 0.0588. The number of carbonyl (C=O) groups is 1. The summed E-state index contributed by atoms with van der Waals surface area (Å²) in [6, 6.07) is 9.36. The molecule has 2 aromatic rings. The molecule has 0 N–H and O–H groups in total. The predicted molar refractivity (Wildman–Crippen MR) is 91.0 cm³/mol. The van der Waals surface area contributed by atoms with E-state index in [-0.39, 0.29) is 0 Å². The molecule has 2 heterocycles. The molecule has 0 atom stereocenters. The van der Waals surface area contributed by atoms with Crippen molar-refractivity contribution in [1.82, 2.24) is 0 Å². The van der Waals surface area contributed by atoms with Crippen LogP contribution in [0.15, 0.2) is 52.5 Å². The lowest BCUT2D eigenvalue weighted by atomic mass is 10.2. The van der Waals surface area contributed by atoms with E-state index in [1.54, 1.807) is 35.6 Å². The molecule has 1 aliphatic heterocycles. The van der Waals surface area contributed by atoms with Crippen molar-refractivity contribution in [1.29, 1.82) is 0 Å². The molecule has 0 bridgehead atoms. The maximum atomic E-state index is 11.8. The van der Waals surface area contributed by atoms with Crippen LogP contribution < -0.4 is 0 Å². The van der Waals surface area contributed by atoms with Crippen LogP contribution in [0.2, 0.25) is 5.02 Å². The average molecular weight is 330 g/mol. The van der Waals surface area contributed by atoms with Gasteiger partial charge in [0.25, 0.3) is 0 Å². The van der Waals surface area contributed by atoms with Crippen molar-refractivity contribution in [2.45, 2.75) is 6.92 Å². The van der Waals surface area contributed by atoms with Crippen LogP contribution in [0.5, 0.6) is 0 Å². The van der Waals surface area contributed by atoms with Gasteiger partial charge in [0.2, 0.25) is 5.90 Å². The molecular weight excluding hydrogens is 318 g/mol. The van der Waals surface area contributed by atoms with Crippen molar-refractivity contribution in [2.24, 2.45) is 4.99 Å². The van der Waals surface area contributed by atoms with Gasteiger partial charge in [-0.15, -0.1) is 11.3 Å². The van der Waals surface area contributed by atoms with Gasteiger partial charge in [0.15, 0.2) is 5.70 Å². The number of halogens is 1. The first-order valence-corrected chi connectivity index (χ1v) is 7.88. The molecule has 110 valence electrons. The highest BCUT2D eigenvalue weighted by Gasteiger charge is 2.21. The summed E-state index contributed by atoms with van der Waals surface area (Å²) < 4.78 is 5.14. The van der Waals surface area contributed by atoms with E-state index in [1.807, 2.05) is 36.6 Å². The number of aliphatic imine (C=N–C) groups is 1. The van der Waals surface area contributed by atoms with E-state index in [4.69, 9.17) is 16.3 Å². The minimum atomic E-state index is -0.427. The van der Waals surface area contributed by atoms with Gasteiger partial charge in [-0.1, -0.05) is 23.7 Å². The van der Waals surface area contributed by atoms with E-state index < -0.39 is 5.97 Å². The summed E-state index contributed by atoms with van der Waals surface area (Å²) in [5.74, 6) is -0.135. The van der Waals surface area contributed by atoms with Crippen LogP contribution in [0.1, 0.15) is 16.0 Å². The molecule has 0 saturated heterocycles. The van der Waals surface area contributed by atoms with Gasteiger partial charge in [0.1, 0.15) is 0 Å². The molecule has 0 aliphatic carbocycles. The highest BCUT2D eigenvalue weighted by atomic mass is 35.5. The molecule has 5 heteroatoms. The standard InChI is InChI=1S/C17H12ClNO2S/c1-11-8-9-22-15(11)10-14-17(20)21-16(19-14)7-4-12-2-5-13(18)6-3-12/h2-10H,1H3. The van der Waals surface area contributed by atoms with Gasteiger partial charge in [-0.3, -0.25) is 0 Å². The van der Waals surface area contributed by atoms with Gasteiger partial charge in [-0.05, 0) is 53.8 Å². The monoisotopic (exact) mass is 329 g/mol. The SMILES string of the molecule is Cc1ccsc1C=C1N=C(C=Cc2ccc(Cl)cc2)OC1=O. The number of carbonyl (C=O) groups excluding carboxylic acids is 1. The summed E-state index contributed by atoms with van der Waals surface area (Å²) in [7, 11) is 0. The highest BCUT2D eigenvalue weighted by molar-refractivity contribution is 7.11. The highest BCUT2D eigenvalue weighted by Crippen LogP contribution is 2.22. The maximum absolute atomic E-state index is 11.8. The number of cyclic esters (lactones) is 1. The minimum absolute atomic E-state index is 0.292. The summed E-state index contributed by atoms with van der Waals surface area (Å²) >= 11 is 7.40.